The molecule has 0 aliphatic rings. The Morgan fingerprint density at radius 3 is 2.58 bits per heavy atom. The third-order valence-electron chi connectivity index (χ3n) is 2.54. The van der Waals surface area contributed by atoms with Gasteiger partial charge in [-0.2, -0.15) is 4.31 Å². The molecule has 1 aromatic carbocycles. The molecule has 0 saturated heterocycles. The summed E-state index contributed by atoms with van der Waals surface area (Å²) in [5, 5.41) is 11.5. The van der Waals surface area contributed by atoms with Gasteiger partial charge in [0.15, 0.2) is 0 Å². The van der Waals surface area contributed by atoms with Gasteiger partial charge in [0.25, 0.3) is 0 Å². The Balaban J connectivity index is 3.12. The van der Waals surface area contributed by atoms with E-state index in [4.69, 9.17) is 5.11 Å². The van der Waals surface area contributed by atoms with Gasteiger partial charge in [0.1, 0.15) is 10.7 Å². The molecule has 0 aromatic heterocycles. The van der Waals surface area contributed by atoms with Crippen LogP contribution in [0.5, 0.6) is 0 Å². The van der Waals surface area contributed by atoms with Crippen molar-refractivity contribution in [1.29, 1.82) is 0 Å². The Morgan fingerprint density at radius 1 is 1.47 bits per heavy atom. The number of carboxylic acids is 1. The lowest BCUT2D eigenvalue weighted by Crippen LogP contribution is -2.33. The highest BCUT2D eigenvalue weighted by atomic mass is 32.2. The summed E-state index contributed by atoms with van der Waals surface area (Å²) in [5.74, 6) is -2.39. The number of halogens is 1. The first kappa shape index (κ1) is 15.5. The van der Waals surface area contributed by atoms with Crippen LogP contribution >= 0.6 is 0 Å². The van der Waals surface area contributed by atoms with Gasteiger partial charge in [-0.1, -0.05) is 0 Å². The van der Waals surface area contributed by atoms with Crippen molar-refractivity contribution < 1.29 is 22.7 Å². The summed E-state index contributed by atoms with van der Waals surface area (Å²) in [6.07, 6.45) is 0. The minimum atomic E-state index is -3.96. The summed E-state index contributed by atoms with van der Waals surface area (Å²) >= 11 is 0. The fourth-order valence-corrected chi connectivity index (χ4v) is 2.61. The van der Waals surface area contributed by atoms with E-state index in [9.17, 15) is 17.6 Å². The smallest absolute Gasteiger partial charge is 0.335 e. The number of carboxylic acid groups (broad SMARTS) is 1. The molecule has 0 radical (unpaired) electrons. The first-order chi connectivity index (χ1) is 8.80. The van der Waals surface area contributed by atoms with E-state index in [0.717, 1.165) is 16.4 Å². The van der Waals surface area contributed by atoms with E-state index in [2.05, 4.69) is 5.32 Å². The zero-order chi connectivity index (χ0) is 14.6. The van der Waals surface area contributed by atoms with Crippen LogP contribution in [0.2, 0.25) is 0 Å². The molecular formula is C11H15FN2O4S. The first-order valence-corrected chi connectivity index (χ1v) is 6.88. The molecule has 0 aliphatic heterocycles. The number of nitrogens with one attached hydrogen (secondary N) is 1. The Labute approximate surface area is 110 Å². The average molecular weight is 290 g/mol. The molecule has 0 unspecified atom stereocenters. The van der Waals surface area contributed by atoms with E-state index < -0.39 is 26.7 Å². The number of rotatable bonds is 6. The predicted molar refractivity (Wildman–Crippen MR) is 67.1 cm³/mol. The summed E-state index contributed by atoms with van der Waals surface area (Å²) in [4.78, 5) is 10.1. The molecule has 2 N–H and O–H groups in total. The van der Waals surface area contributed by atoms with Gasteiger partial charge in [-0.05, 0) is 25.2 Å². The van der Waals surface area contributed by atoms with E-state index in [-0.39, 0.29) is 12.1 Å². The van der Waals surface area contributed by atoms with Crippen LogP contribution in [0.1, 0.15) is 10.4 Å². The van der Waals surface area contributed by atoms with Gasteiger partial charge in [0.2, 0.25) is 10.0 Å². The Hall–Kier alpha value is -1.51. The Bertz CT molecular complexity index is 574. The highest BCUT2D eigenvalue weighted by molar-refractivity contribution is 7.89. The fraction of sp³-hybridized carbons (Fsp3) is 0.364. The number of hydrogen-bond acceptors (Lipinski definition) is 4. The highest BCUT2D eigenvalue weighted by Crippen LogP contribution is 2.19. The van der Waals surface area contributed by atoms with Gasteiger partial charge in [-0.15, -0.1) is 0 Å². The summed E-state index contributed by atoms with van der Waals surface area (Å²) in [6, 6.07) is 2.72. The van der Waals surface area contributed by atoms with Crippen LogP contribution in [0.25, 0.3) is 0 Å². The predicted octanol–water partition coefficient (Wildman–Crippen LogP) is 0.364. The molecule has 0 fully saturated rings. The SMILES string of the molecule is CNCCN(C)S(=O)(=O)c1ccc(C(=O)O)cc1F. The lowest BCUT2D eigenvalue weighted by molar-refractivity contribution is 0.0696. The number of aromatic carboxylic acids is 1. The zero-order valence-corrected chi connectivity index (χ0v) is 11.4. The van der Waals surface area contributed by atoms with Gasteiger partial charge in [-0.25, -0.2) is 17.6 Å². The fourth-order valence-electron chi connectivity index (χ4n) is 1.40. The Kier molecular flexibility index (Phi) is 4.98. The van der Waals surface area contributed by atoms with E-state index >= 15 is 0 Å². The van der Waals surface area contributed by atoms with E-state index in [0.29, 0.717) is 12.6 Å². The minimum absolute atomic E-state index is 0.180. The van der Waals surface area contributed by atoms with E-state index in [1.54, 1.807) is 7.05 Å². The second-order valence-corrected chi connectivity index (χ2v) is 5.89. The lowest BCUT2D eigenvalue weighted by atomic mass is 10.2. The maximum Gasteiger partial charge on any atom is 0.335 e. The van der Waals surface area contributed by atoms with E-state index in [1.165, 1.54) is 7.05 Å². The first-order valence-electron chi connectivity index (χ1n) is 5.44. The second-order valence-electron chi connectivity index (χ2n) is 3.88. The second kappa shape index (κ2) is 6.09. The van der Waals surface area contributed by atoms with Crippen LogP contribution in [0.4, 0.5) is 4.39 Å². The van der Waals surface area contributed by atoms with Gasteiger partial charge in [0.05, 0.1) is 5.56 Å². The largest absolute Gasteiger partial charge is 0.478 e. The minimum Gasteiger partial charge on any atom is -0.478 e. The van der Waals surface area contributed by atoms with Crippen molar-refractivity contribution in [2.24, 2.45) is 0 Å². The van der Waals surface area contributed by atoms with Crippen molar-refractivity contribution in [3.63, 3.8) is 0 Å². The molecule has 1 rings (SSSR count). The van der Waals surface area contributed by atoms with Crippen molar-refractivity contribution in [1.82, 2.24) is 9.62 Å². The number of hydrogen-bond donors (Lipinski definition) is 2. The lowest BCUT2D eigenvalue weighted by Gasteiger charge is -2.17. The molecule has 19 heavy (non-hydrogen) atoms. The van der Waals surface area contributed by atoms with Gasteiger partial charge < -0.3 is 10.4 Å². The summed E-state index contributed by atoms with van der Waals surface area (Å²) < 4.78 is 38.8. The molecule has 6 nitrogen and oxygen atoms in total. The number of nitrogens with zero attached hydrogens (tertiary/aromatic N) is 1. The maximum atomic E-state index is 13.7. The zero-order valence-electron chi connectivity index (χ0n) is 10.6. The molecule has 106 valence electrons. The summed E-state index contributed by atoms with van der Waals surface area (Å²) in [6.45, 7) is 0.601. The average Bonchev–Trinajstić information content (AvgIpc) is 2.35. The van der Waals surface area contributed by atoms with Gasteiger partial charge >= 0.3 is 5.97 Å². The molecular weight excluding hydrogens is 275 g/mol. The third kappa shape index (κ3) is 3.49. The monoisotopic (exact) mass is 290 g/mol. The van der Waals surface area contributed by atoms with Crippen molar-refractivity contribution >= 4 is 16.0 Å². The van der Waals surface area contributed by atoms with Crippen molar-refractivity contribution in [3.8, 4) is 0 Å². The molecule has 0 amide bonds. The number of benzene rings is 1. The molecule has 0 atom stereocenters. The molecule has 0 heterocycles. The number of sulfonamides is 1. The van der Waals surface area contributed by atoms with Crippen LogP contribution in [0.15, 0.2) is 23.1 Å². The van der Waals surface area contributed by atoms with Crippen molar-refractivity contribution in [3.05, 3.63) is 29.6 Å². The molecule has 1 aromatic rings. The molecule has 0 saturated carbocycles. The van der Waals surface area contributed by atoms with E-state index in [1.807, 2.05) is 0 Å². The van der Waals surface area contributed by atoms with Crippen molar-refractivity contribution in [2.75, 3.05) is 27.2 Å². The number of carbonyl (C=O) groups is 1. The Morgan fingerprint density at radius 2 is 2.11 bits per heavy atom. The normalized spacial score (nSPS) is 11.8. The van der Waals surface area contributed by atoms with Crippen LogP contribution in [-0.2, 0) is 10.0 Å². The van der Waals surface area contributed by atoms with Gasteiger partial charge in [-0.3, -0.25) is 0 Å². The van der Waals surface area contributed by atoms with Gasteiger partial charge in [0, 0.05) is 20.1 Å². The number of likely N-dealkylation sites (N-methyl/N-ethyl adjacent to an activating group) is 2. The molecule has 0 spiro atoms. The highest BCUT2D eigenvalue weighted by Gasteiger charge is 2.24. The topological polar surface area (TPSA) is 86.7 Å². The quantitative estimate of drug-likeness (QED) is 0.790. The van der Waals surface area contributed by atoms with Crippen molar-refractivity contribution in [2.45, 2.75) is 4.90 Å². The molecule has 8 heteroatoms. The van der Waals surface area contributed by atoms with Crippen LogP contribution < -0.4 is 5.32 Å². The summed E-state index contributed by atoms with van der Waals surface area (Å²) in [7, 11) is -0.959. The van der Waals surface area contributed by atoms with Crippen LogP contribution in [0, 0.1) is 5.82 Å². The summed E-state index contributed by atoms with van der Waals surface area (Å²) in [5.41, 5.74) is -0.297. The van der Waals surface area contributed by atoms with Crippen LogP contribution in [-0.4, -0.2) is 51.0 Å². The standard InChI is InChI=1S/C11H15FN2O4S/c1-13-5-6-14(2)19(17,18)10-4-3-8(11(15)16)7-9(10)12/h3-4,7,13H,5-6H2,1-2H3,(H,15,16). The maximum absolute atomic E-state index is 13.7. The third-order valence-corrected chi connectivity index (χ3v) is 4.43. The van der Waals surface area contributed by atoms with Crippen LogP contribution in [0.3, 0.4) is 0 Å². The molecule has 0 aliphatic carbocycles. The molecule has 0 bridgehead atoms.